The third-order valence-electron chi connectivity index (χ3n) is 3.92. The van der Waals surface area contributed by atoms with E-state index >= 15 is 0 Å². The Morgan fingerprint density at radius 3 is 2.46 bits per heavy atom. The van der Waals surface area contributed by atoms with Crippen molar-refractivity contribution in [3.8, 4) is 0 Å². The Balaban J connectivity index is 1.61. The zero-order valence-electron chi connectivity index (χ0n) is 14.5. The lowest BCUT2D eigenvalue weighted by Crippen LogP contribution is -2.24. The number of para-hydroxylation sites is 1. The maximum atomic E-state index is 11.8. The van der Waals surface area contributed by atoms with Gasteiger partial charge in [-0.1, -0.05) is 48.0 Å². The first-order valence-corrected chi connectivity index (χ1v) is 8.44. The van der Waals surface area contributed by atoms with Crippen LogP contribution in [0.4, 0.5) is 5.69 Å². The Bertz CT molecular complexity index is 647. The summed E-state index contributed by atoms with van der Waals surface area (Å²) in [5, 5.41) is 2.93. The molecule has 0 saturated heterocycles. The van der Waals surface area contributed by atoms with E-state index in [0.717, 1.165) is 24.9 Å². The predicted molar refractivity (Wildman–Crippen MR) is 102 cm³/mol. The largest absolute Gasteiger partial charge is 0.375 e. The van der Waals surface area contributed by atoms with Gasteiger partial charge in [-0.05, 0) is 43.5 Å². The lowest BCUT2D eigenvalue weighted by Gasteiger charge is -2.18. The Morgan fingerprint density at radius 2 is 1.75 bits per heavy atom. The molecule has 0 saturated carbocycles. The number of carbonyl (C=O) groups is 1. The predicted octanol–water partition coefficient (Wildman–Crippen LogP) is 4.04. The second kappa shape index (κ2) is 9.56. The molecule has 0 aliphatic carbocycles. The van der Waals surface area contributed by atoms with Gasteiger partial charge in [-0.15, -0.1) is 0 Å². The lowest BCUT2D eigenvalue weighted by atomic mass is 10.1. The second-order valence-corrected chi connectivity index (χ2v) is 6.00. The summed E-state index contributed by atoms with van der Waals surface area (Å²) in [5.74, 6) is -0.0352. The van der Waals surface area contributed by atoms with E-state index in [1.165, 1.54) is 11.3 Å². The number of aryl methyl sites for hydroxylation is 1. The van der Waals surface area contributed by atoms with Crippen LogP contribution in [-0.4, -0.2) is 26.0 Å². The highest BCUT2D eigenvalue weighted by molar-refractivity contribution is 5.91. The molecule has 1 N–H and O–H groups in total. The minimum Gasteiger partial charge on any atom is -0.375 e. The molecule has 126 valence electrons. The van der Waals surface area contributed by atoms with Crippen LogP contribution in [-0.2, 0) is 4.79 Å². The number of benzene rings is 2. The minimum atomic E-state index is -0.0352. The molecule has 0 aliphatic rings. The third-order valence-corrected chi connectivity index (χ3v) is 3.92. The van der Waals surface area contributed by atoms with Gasteiger partial charge in [-0.3, -0.25) is 4.79 Å². The van der Waals surface area contributed by atoms with Crippen LogP contribution in [0.3, 0.4) is 0 Å². The molecule has 2 rings (SSSR count). The first-order valence-electron chi connectivity index (χ1n) is 8.44. The maximum absolute atomic E-state index is 11.8. The standard InChI is InChI=1S/C21H26N2O/c1-18-10-12-19(13-11-18)14-15-21(24)22-16-6-7-17-23(2)20-8-4-3-5-9-20/h3-5,8-15H,6-7,16-17H2,1-2H3,(H,22,24)/b15-14+. The number of hydrogen-bond donors (Lipinski definition) is 1. The minimum absolute atomic E-state index is 0.0352. The number of rotatable bonds is 8. The summed E-state index contributed by atoms with van der Waals surface area (Å²) < 4.78 is 0. The van der Waals surface area contributed by atoms with Crippen molar-refractivity contribution in [1.29, 1.82) is 0 Å². The number of amides is 1. The number of unbranched alkanes of at least 4 members (excludes halogenated alkanes) is 1. The quantitative estimate of drug-likeness (QED) is 0.587. The van der Waals surface area contributed by atoms with Gasteiger partial charge in [0.15, 0.2) is 0 Å². The van der Waals surface area contributed by atoms with E-state index in [0.29, 0.717) is 6.54 Å². The average Bonchev–Trinajstić information content (AvgIpc) is 2.61. The number of anilines is 1. The number of nitrogens with one attached hydrogen (secondary N) is 1. The number of carbonyl (C=O) groups excluding carboxylic acids is 1. The lowest BCUT2D eigenvalue weighted by molar-refractivity contribution is -0.116. The molecule has 0 aromatic heterocycles. The number of hydrogen-bond acceptors (Lipinski definition) is 2. The van der Waals surface area contributed by atoms with Crippen LogP contribution in [0.15, 0.2) is 60.7 Å². The smallest absolute Gasteiger partial charge is 0.243 e. The highest BCUT2D eigenvalue weighted by Gasteiger charge is 2.00. The summed E-state index contributed by atoms with van der Waals surface area (Å²) in [4.78, 5) is 14.0. The number of nitrogens with zero attached hydrogens (tertiary/aromatic N) is 1. The molecule has 3 nitrogen and oxygen atoms in total. The molecule has 3 heteroatoms. The summed E-state index contributed by atoms with van der Waals surface area (Å²) >= 11 is 0. The Hall–Kier alpha value is -2.55. The van der Waals surface area contributed by atoms with Gasteiger partial charge < -0.3 is 10.2 Å². The average molecular weight is 322 g/mol. The first-order chi connectivity index (χ1) is 11.6. The monoisotopic (exact) mass is 322 g/mol. The summed E-state index contributed by atoms with van der Waals surface area (Å²) in [5.41, 5.74) is 3.49. The van der Waals surface area contributed by atoms with Crippen molar-refractivity contribution in [3.05, 3.63) is 71.8 Å². The van der Waals surface area contributed by atoms with Crippen molar-refractivity contribution in [2.24, 2.45) is 0 Å². The molecule has 2 aromatic carbocycles. The Morgan fingerprint density at radius 1 is 1.04 bits per heavy atom. The van der Waals surface area contributed by atoms with Gasteiger partial charge in [0, 0.05) is 31.9 Å². The van der Waals surface area contributed by atoms with Gasteiger partial charge in [0.25, 0.3) is 0 Å². The van der Waals surface area contributed by atoms with E-state index in [9.17, 15) is 4.79 Å². The molecular formula is C21H26N2O. The van der Waals surface area contributed by atoms with Gasteiger partial charge in [-0.2, -0.15) is 0 Å². The molecule has 2 aromatic rings. The van der Waals surface area contributed by atoms with Crippen molar-refractivity contribution >= 4 is 17.7 Å². The maximum Gasteiger partial charge on any atom is 0.243 e. The van der Waals surface area contributed by atoms with Crippen LogP contribution in [0.5, 0.6) is 0 Å². The molecule has 0 heterocycles. The molecule has 0 unspecified atom stereocenters. The molecule has 0 spiro atoms. The molecule has 1 amide bonds. The fraction of sp³-hybridized carbons (Fsp3) is 0.286. The SMILES string of the molecule is Cc1ccc(/C=C/C(=O)NCCCCN(C)c2ccccc2)cc1. The van der Waals surface area contributed by atoms with Crippen LogP contribution in [0.25, 0.3) is 6.08 Å². The topological polar surface area (TPSA) is 32.3 Å². The summed E-state index contributed by atoms with van der Waals surface area (Å²) in [6.07, 6.45) is 5.47. The molecule has 24 heavy (non-hydrogen) atoms. The van der Waals surface area contributed by atoms with Crippen LogP contribution in [0.2, 0.25) is 0 Å². The Labute approximate surface area is 145 Å². The van der Waals surface area contributed by atoms with Gasteiger partial charge >= 0.3 is 0 Å². The molecular weight excluding hydrogens is 296 g/mol. The van der Waals surface area contributed by atoms with E-state index in [1.807, 2.05) is 48.5 Å². The van der Waals surface area contributed by atoms with E-state index in [-0.39, 0.29) is 5.91 Å². The summed E-state index contributed by atoms with van der Waals surface area (Å²) in [7, 11) is 2.10. The summed E-state index contributed by atoms with van der Waals surface area (Å²) in [6.45, 7) is 3.74. The highest BCUT2D eigenvalue weighted by atomic mass is 16.1. The zero-order valence-corrected chi connectivity index (χ0v) is 14.5. The van der Waals surface area contributed by atoms with Gasteiger partial charge in [-0.25, -0.2) is 0 Å². The van der Waals surface area contributed by atoms with Crippen molar-refractivity contribution in [3.63, 3.8) is 0 Å². The van der Waals surface area contributed by atoms with Gasteiger partial charge in [0.05, 0.1) is 0 Å². The van der Waals surface area contributed by atoms with Crippen molar-refractivity contribution in [1.82, 2.24) is 5.32 Å². The summed E-state index contributed by atoms with van der Waals surface area (Å²) in [6, 6.07) is 18.4. The molecule has 0 bridgehead atoms. The molecule has 0 radical (unpaired) electrons. The van der Waals surface area contributed by atoms with E-state index in [2.05, 4.69) is 36.3 Å². The fourth-order valence-electron chi connectivity index (χ4n) is 2.41. The van der Waals surface area contributed by atoms with Gasteiger partial charge in [0.2, 0.25) is 5.91 Å². The van der Waals surface area contributed by atoms with Crippen molar-refractivity contribution < 1.29 is 4.79 Å². The molecule has 0 atom stereocenters. The van der Waals surface area contributed by atoms with Crippen LogP contribution < -0.4 is 10.2 Å². The van der Waals surface area contributed by atoms with Crippen molar-refractivity contribution in [2.45, 2.75) is 19.8 Å². The van der Waals surface area contributed by atoms with Crippen molar-refractivity contribution in [2.75, 3.05) is 25.0 Å². The van der Waals surface area contributed by atoms with Gasteiger partial charge in [0.1, 0.15) is 0 Å². The second-order valence-electron chi connectivity index (χ2n) is 6.00. The normalized spacial score (nSPS) is 10.8. The third kappa shape index (κ3) is 6.29. The van der Waals surface area contributed by atoms with E-state index < -0.39 is 0 Å². The zero-order chi connectivity index (χ0) is 17.2. The highest BCUT2D eigenvalue weighted by Crippen LogP contribution is 2.11. The first kappa shape index (κ1) is 17.8. The van der Waals surface area contributed by atoms with Crippen LogP contribution in [0, 0.1) is 6.92 Å². The molecule has 0 fully saturated rings. The molecule has 0 aliphatic heterocycles. The van der Waals surface area contributed by atoms with Crippen LogP contribution in [0.1, 0.15) is 24.0 Å². The van der Waals surface area contributed by atoms with E-state index in [1.54, 1.807) is 6.08 Å². The Kier molecular flexibility index (Phi) is 7.09. The fourth-order valence-corrected chi connectivity index (χ4v) is 2.41. The van der Waals surface area contributed by atoms with E-state index in [4.69, 9.17) is 0 Å². The van der Waals surface area contributed by atoms with Crippen LogP contribution >= 0.6 is 0 Å².